The van der Waals surface area contributed by atoms with Crippen molar-refractivity contribution in [2.45, 2.75) is 50.7 Å². The number of hydrogen-bond donors (Lipinski definition) is 1. The van der Waals surface area contributed by atoms with E-state index in [1.165, 1.54) is 0 Å². The maximum Gasteiger partial charge on any atom is 0.416 e. The van der Waals surface area contributed by atoms with Crippen molar-refractivity contribution in [1.82, 2.24) is 5.32 Å². The maximum atomic E-state index is 12.5. The summed E-state index contributed by atoms with van der Waals surface area (Å²) < 4.78 is 37.4. The Morgan fingerprint density at radius 2 is 1.86 bits per heavy atom. The zero-order chi connectivity index (χ0) is 16.0. The molecule has 122 valence electrons. The fourth-order valence-electron chi connectivity index (χ4n) is 2.99. The van der Waals surface area contributed by atoms with Crippen LogP contribution in [0.15, 0.2) is 24.3 Å². The van der Waals surface area contributed by atoms with Crippen LogP contribution in [0.4, 0.5) is 13.2 Å². The number of hydrogen-bond acceptors (Lipinski definition) is 2. The van der Waals surface area contributed by atoms with Crippen LogP contribution in [0.5, 0.6) is 0 Å². The molecule has 1 fully saturated rings. The van der Waals surface area contributed by atoms with Gasteiger partial charge in [0.2, 0.25) is 0 Å². The Kier molecular flexibility index (Phi) is 6.00. The number of aldehydes is 1. The van der Waals surface area contributed by atoms with Crippen LogP contribution in [0, 0.1) is 5.92 Å². The average molecular weight is 313 g/mol. The first kappa shape index (κ1) is 17.0. The molecular formula is C17H22F3NO. The van der Waals surface area contributed by atoms with Crippen LogP contribution in [0.1, 0.15) is 43.2 Å². The molecule has 5 heteroatoms. The van der Waals surface area contributed by atoms with Gasteiger partial charge < -0.3 is 10.1 Å². The van der Waals surface area contributed by atoms with Crippen LogP contribution >= 0.6 is 0 Å². The Labute approximate surface area is 129 Å². The lowest BCUT2D eigenvalue weighted by Crippen LogP contribution is -2.29. The molecule has 2 rings (SSSR count). The summed E-state index contributed by atoms with van der Waals surface area (Å²) in [5.41, 5.74) is 0.358. The molecule has 0 spiro atoms. The van der Waals surface area contributed by atoms with Gasteiger partial charge in [-0.1, -0.05) is 18.6 Å². The molecule has 0 bridgehead atoms. The molecule has 2 atom stereocenters. The molecule has 1 aromatic carbocycles. The van der Waals surface area contributed by atoms with E-state index < -0.39 is 11.7 Å². The van der Waals surface area contributed by atoms with Gasteiger partial charge in [-0.3, -0.25) is 0 Å². The van der Waals surface area contributed by atoms with Crippen molar-refractivity contribution in [3.8, 4) is 0 Å². The fourth-order valence-corrected chi connectivity index (χ4v) is 2.99. The minimum atomic E-state index is -4.26. The summed E-state index contributed by atoms with van der Waals surface area (Å²) in [6, 6.07) is 5.43. The lowest BCUT2D eigenvalue weighted by atomic mass is 9.92. The normalized spacial score (nSPS) is 23.0. The topological polar surface area (TPSA) is 29.1 Å². The van der Waals surface area contributed by atoms with Gasteiger partial charge in [0.25, 0.3) is 0 Å². The van der Waals surface area contributed by atoms with Gasteiger partial charge in [-0.2, -0.15) is 13.2 Å². The zero-order valence-electron chi connectivity index (χ0n) is 12.5. The molecule has 1 saturated heterocycles. The highest BCUT2D eigenvalue weighted by Crippen LogP contribution is 2.29. The number of alkyl halides is 3. The third-order valence-corrected chi connectivity index (χ3v) is 4.37. The quantitative estimate of drug-likeness (QED) is 0.833. The number of benzene rings is 1. The largest absolute Gasteiger partial charge is 0.416 e. The first-order valence-corrected chi connectivity index (χ1v) is 7.84. The van der Waals surface area contributed by atoms with Crippen molar-refractivity contribution in [2.24, 2.45) is 5.92 Å². The monoisotopic (exact) mass is 313 g/mol. The predicted octanol–water partition coefficient (Wildman–Crippen LogP) is 3.99. The van der Waals surface area contributed by atoms with Crippen molar-refractivity contribution in [2.75, 3.05) is 6.54 Å². The number of carbonyl (C=O) groups is 1. The number of halogens is 3. The first-order valence-electron chi connectivity index (χ1n) is 7.84. The van der Waals surface area contributed by atoms with E-state index in [1.54, 1.807) is 12.1 Å². The Bertz CT molecular complexity index is 470. The summed E-state index contributed by atoms with van der Waals surface area (Å²) >= 11 is 0. The molecule has 22 heavy (non-hydrogen) atoms. The Hall–Kier alpha value is -1.36. The van der Waals surface area contributed by atoms with Crippen LogP contribution < -0.4 is 5.32 Å². The summed E-state index contributed by atoms with van der Waals surface area (Å²) in [4.78, 5) is 10.8. The van der Waals surface area contributed by atoms with Crippen LogP contribution in [0.3, 0.4) is 0 Å². The summed E-state index contributed by atoms with van der Waals surface area (Å²) in [7, 11) is 0. The first-order chi connectivity index (χ1) is 10.5. The van der Waals surface area contributed by atoms with Crippen molar-refractivity contribution in [3.63, 3.8) is 0 Å². The van der Waals surface area contributed by atoms with E-state index in [1.807, 2.05) is 0 Å². The van der Waals surface area contributed by atoms with Gasteiger partial charge in [0, 0.05) is 0 Å². The van der Waals surface area contributed by atoms with Gasteiger partial charge in [-0.25, -0.2) is 0 Å². The summed E-state index contributed by atoms with van der Waals surface area (Å²) in [6.07, 6.45) is 2.55. The third kappa shape index (κ3) is 5.13. The number of aryl methyl sites for hydroxylation is 1. The van der Waals surface area contributed by atoms with Crippen molar-refractivity contribution in [1.29, 1.82) is 0 Å². The molecule has 0 aromatic heterocycles. The summed E-state index contributed by atoms with van der Waals surface area (Å²) in [5, 5.41) is 3.22. The lowest BCUT2D eigenvalue weighted by Gasteiger charge is -2.13. The number of carbonyl (C=O) groups excluding carboxylic acids is 1. The third-order valence-electron chi connectivity index (χ3n) is 4.37. The van der Waals surface area contributed by atoms with Crippen LogP contribution in [-0.2, 0) is 17.4 Å². The van der Waals surface area contributed by atoms with E-state index >= 15 is 0 Å². The van der Waals surface area contributed by atoms with Gasteiger partial charge in [0.15, 0.2) is 0 Å². The molecule has 0 saturated carbocycles. The van der Waals surface area contributed by atoms with Crippen molar-refractivity contribution < 1.29 is 18.0 Å². The smallest absolute Gasteiger partial charge is 0.308 e. The second-order valence-corrected chi connectivity index (χ2v) is 6.02. The van der Waals surface area contributed by atoms with E-state index in [4.69, 9.17) is 0 Å². The molecule has 0 radical (unpaired) electrons. The van der Waals surface area contributed by atoms with E-state index in [9.17, 15) is 18.0 Å². The minimum absolute atomic E-state index is 0.0140. The Balaban J connectivity index is 1.75. The van der Waals surface area contributed by atoms with Crippen molar-refractivity contribution >= 4 is 6.29 Å². The molecule has 1 heterocycles. The lowest BCUT2D eigenvalue weighted by molar-refractivity contribution is -0.137. The van der Waals surface area contributed by atoms with Gasteiger partial charge in [-0.05, 0) is 62.3 Å². The SMILES string of the molecule is O=CC1CCC(CCCc2ccc(C(F)(F)F)cc2)CCN1. The molecule has 0 aliphatic carbocycles. The highest BCUT2D eigenvalue weighted by Gasteiger charge is 2.29. The molecule has 0 amide bonds. The molecule has 2 unspecified atom stereocenters. The molecule has 1 N–H and O–H groups in total. The van der Waals surface area contributed by atoms with Crippen molar-refractivity contribution in [3.05, 3.63) is 35.4 Å². The zero-order valence-corrected chi connectivity index (χ0v) is 12.5. The molecular weight excluding hydrogens is 291 g/mol. The fraction of sp³-hybridized carbons (Fsp3) is 0.588. The number of rotatable bonds is 5. The molecule has 2 nitrogen and oxygen atoms in total. The highest BCUT2D eigenvalue weighted by atomic mass is 19.4. The Morgan fingerprint density at radius 1 is 1.14 bits per heavy atom. The minimum Gasteiger partial charge on any atom is -0.308 e. The average Bonchev–Trinajstić information content (AvgIpc) is 2.72. The second kappa shape index (κ2) is 7.77. The van der Waals surface area contributed by atoms with Crippen LogP contribution in [0.2, 0.25) is 0 Å². The van der Waals surface area contributed by atoms with E-state index in [-0.39, 0.29) is 6.04 Å². The van der Waals surface area contributed by atoms with Gasteiger partial charge in [-0.15, -0.1) is 0 Å². The molecule has 1 aliphatic rings. The Morgan fingerprint density at radius 3 is 2.50 bits per heavy atom. The summed E-state index contributed by atoms with van der Waals surface area (Å²) in [5.74, 6) is 0.604. The summed E-state index contributed by atoms with van der Waals surface area (Å²) in [6.45, 7) is 0.869. The standard InChI is InChI=1S/C17H22F3NO/c18-17(19,20)15-7-4-13(5-8-15)2-1-3-14-6-9-16(12-22)21-11-10-14/h4-5,7-8,12,14,16,21H,1-3,6,9-11H2. The van der Waals surface area contributed by atoms with E-state index in [0.717, 1.165) is 69.1 Å². The van der Waals surface area contributed by atoms with Crippen LogP contribution in [0.25, 0.3) is 0 Å². The van der Waals surface area contributed by atoms with Crippen LogP contribution in [-0.4, -0.2) is 18.9 Å². The maximum absolute atomic E-state index is 12.5. The molecule has 1 aliphatic heterocycles. The van der Waals surface area contributed by atoms with E-state index in [2.05, 4.69) is 5.32 Å². The molecule has 1 aromatic rings. The highest BCUT2D eigenvalue weighted by molar-refractivity contribution is 5.57. The second-order valence-electron chi connectivity index (χ2n) is 6.02. The van der Waals surface area contributed by atoms with E-state index in [0.29, 0.717) is 5.92 Å². The number of nitrogens with one attached hydrogen (secondary N) is 1. The van der Waals surface area contributed by atoms with Gasteiger partial charge in [0.05, 0.1) is 11.6 Å². The van der Waals surface area contributed by atoms with Gasteiger partial charge >= 0.3 is 6.18 Å². The van der Waals surface area contributed by atoms with Gasteiger partial charge in [0.1, 0.15) is 6.29 Å². The predicted molar refractivity (Wildman–Crippen MR) is 79.6 cm³/mol.